The Kier molecular flexibility index (Phi) is 4.48. The van der Waals surface area contributed by atoms with E-state index in [9.17, 15) is 9.18 Å². The number of halogens is 1. The van der Waals surface area contributed by atoms with Crippen LogP contribution in [-0.4, -0.2) is 17.6 Å². The average molecular weight is 273 g/mol. The number of aliphatic hydroxyl groups is 1. The monoisotopic (exact) mass is 273 g/mol. The Labute approximate surface area is 117 Å². The fourth-order valence-electron chi connectivity index (χ4n) is 1.87. The molecule has 0 heterocycles. The summed E-state index contributed by atoms with van der Waals surface area (Å²) in [7, 11) is 0. The van der Waals surface area contributed by atoms with E-state index in [1.54, 1.807) is 19.1 Å². The van der Waals surface area contributed by atoms with E-state index in [0.29, 0.717) is 23.2 Å². The largest absolute Gasteiger partial charge is 0.396 e. The second-order valence-electron chi connectivity index (χ2n) is 4.59. The van der Waals surface area contributed by atoms with Crippen LogP contribution in [0.3, 0.4) is 0 Å². The van der Waals surface area contributed by atoms with Crippen molar-refractivity contribution >= 4 is 11.6 Å². The van der Waals surface area contributed by atoms with Crippen molar-refractivity contribution in [1.82, 2.24) is 0 Å². The number of carbonyl (C=O) groups is 1. The van der Waals surface area contributed by atoms with Crippen LogP contribution in [0.2, 0.25) is 0 Å². The third kappa shape index (κ3) is 3.42. The number of carbonyl (C=O) groups excluding carboxylic acids is 1. The van der Waals surface area contributed by atoms with Gasteiger partial charge in [-0.15, -0.1) is 0 Å². The molecule has 20 heavy (non-hydrogen) atoms. The maximum Gasteiger partial charge on any atom is 0.255 e. The third-order valence-electron chi connectivity index (χ3n) is 3.03. The highest BCUT2D eigenvalue weighted by atomic mass is 19.1. The molecule has 0 saturated heterocycles. The molecule has 0 unspecified atom stereocenters. The summed E-state index contributed by atoms with van der Waals surface area (Å²) in [5.41, 5.74) is 2.53. The summed E-state index contributed by atoms with van der Waals surface area (Å²) in [6, 6.07) is 11.5. The molecule has 4 heteroatoms. The molecule has 2 rings (SSSR count). The van der Waals surface area contributed by atoms with Crippen LogP contribution in [-0.2, 0) is 6.42 Å². The first-order valence-corrected chi connectivity index (χ1v) is 6.37. The number of hydrogen-bond acceptors (Lipinski definition) is 2. The van der Waals surface area contributed by atoms with Gasteiger partial charge in [0.1, 0.15) is 5.82 Å². The molecular weight excluding hydrogens is 257 g/mol. The van der Waals surface area contributed by atoms with Crippen molar-refractivity contribution in [3.8, 4) is 0 Å². The standard InChI is InChI=1S/C16H16FNO2/c1-11-10-13(4-7-15(11)17)16(20)18-14-5-2-12(3-6-14)8-9-19/h2-7,10,19H,8-9H2,1H3,(H,18,20). The predicted molar refractivity (Wildman–Crippen MR) is 76.3 cm³/mol. The molecule has 2 aromatic carbocycles. The van der Waals surface area contributed by atoms with Crippen molar-refractivity contribution in [2.75, 3.05) is 11.9 Å². The van der Waals surface area contributed by atoms with Crippen molar-refractivity contribution in [2.45, 2.75) is 13.3 Å². The second kappa shape index (κ2) is 6.30. The highest BCUT2D eigenvalue weighted by molar-refractivity contribution is 6.04. The van der Waals surface area contributed by atoms with Gasteiger partial charge < -0.3 is 10.4 Å². The second-order valence-corrected chi connectivity index (χ2v) is 4.59. The number of amides is 1. The van der Waals surface area contributed by atoms with Crippen LogP contribution < -0.4 is 5.32 Å². The molecule has 3 nitrogen and oxygen atoms in total. The Morgan fingerprint density at radius 1 is 1.20 bits per heavy atom. The van der Waals surface area contributed by atoms with Crippen molar-refractivity contribution in [3.05, 3.63) is 65.0 Å². The Balaban J connectivity index is 2.08. The van der Waals surface area contributed by atoms with Gasteiger partial charge in [0.05, 0.1) is 0 Å². The molecule has 2 N–H and O–H groups in total. The Morgan fingerprint density at radius 3 is 2.50 bits per heavy atom. The molecule has 104 valence electrons. The topological polar surface area (TPSA) is 49.3 Å². The van der Waals surface area contributed by atoms with Gasteiger partial charge in [-0.05, 0) is 54.8 Å². The van der Waals surface area contributed by atoms with E-state index in [1.165, 1.54) is 18.2 Å². The van der Waals surface area contributed by atoms with Crippen molar-refractivity contribution < 1.29 is 14.3 Å². The number of aryl methyl sites for hydroxylation is 1. The van der Waals surface area contributed by atoms with Gasteiger partial charge in [-0.2, -0.15) is 0 Å². The zero-order valence-electron chi connectivity index (χ0n) is 11.2. The van der Waals surface area contributed by atoms with E-state index in [4.69, 9.17) is 5.11 Å². The van der Waals surface area contributed by atoms with Crippen LogP contribution in [0.1, 0.15) is 21.5 Å². The fourth-order valence-corrected chi connectivity index (χ4v) is 1.87. The molecule has 0 radical (unpaired) electrons. The quantitative estimate of drug-likeness (QED) is 0.900. The first kappa shape index (κ1) is 14.2. The number of rotatable bonds is 4. The van der Waals surface area contributed by atoms with Crippen molar-refractivity contribution in [3.63, 3.8) is 0 Å². The molecule has 0 aromatic heterocycles. The number of aliphatic hydroxyl groups excluding tert-OH is 1. The lowest BCUT2D eigenvalue weighted by molar-refractivity contribution is 0.102. The van der Waals surface area contributed by atoms with E-state index in [2.05, 4.69) is 5.32 Å². The fraction of sp³-hybridized carbons (Fsp3) is 0.188. The Bertz CT molecular complexity index is 608. The zero-order valence-corrected chi connectivity index (χ0v) is 11.2. The van der Waals surface area contributed by atoms with Gasteiger partial charge in [0.25, 0.3) is 5.91 Å². The van der Waals surface area contributed by atoms with Crippen LogP contribution in [0, 0.1) is 12.7 Å². The molecule has 0 aliphatic carbocycles. The lowest BCUT2D eigenvalue weighted by Crippen LogP contribution is -2.12. The number of nitrogens with one attached hydrogen (secondary N) is 1. The van der Waals surface area contributed by atoms with Gasteiger partial charge in [0.2, 0.25) is 0 Å². The lowest BCUT2D eigenvalue weighted by atomic mass is 10.1. The minimum absolute atomic E-state index is 0.0978. The normalized spacial score (nSPS) is 10.3. The van der Waals surface area contributed by atoms with E-state index in [-0.39, 0.29) is 18.3 Å². The van der Waals surface area contributed by atoms with Crippen molar-refractivity contribution in [1.29, 1.82) is 0 Å². The highest BCUT2D eigenvalue weighted by Crippen LogP contribution is 2.14. The summed E-state index contributed by atoms with van der Waals surface area (Å²) in [6.07, 6.45) is 0.589. The van der Waals surface area contributed by atoms with Crippen LogP contribution in [0.15, 0.2) is 42.5 Å². The molecule has 0 bridgehead atoms. The van der Waals surface area contributed by atoms with Gasteiger partial charge in [-0.3, -0.25) is 4.79 Å². The molecular formula is C16H16FNO2. The Morgan fingerprint density at radius 2 is 1.90 bits per heavy atom. The highest BCUT2D eigenvalue weighted by Gasteiger charge is 2.08. The molecule has 0 saturated carbocycles. The molecule has 2 aromatic rings. The number of anilines is 1. The average Bonchev–Trinajstić information content (AvgIpc) is 2.44. The van der Waals surface area contributed by atoms with Crippen LogP contribution in [0.25, 0.3) is 0 Å². The summed E-state index contributed by atoms with van der Waals surface area (Å²) in [4.78, 5) is 12.0. The van der Waals surface area contributed by atoms with Crippen molar-refractivity contribution in [2.24, 2.45) is 0 Å². The van der Waals surface area contributed by atoms with Gasteiger partial charge in [-0.25, -0.2) is 4.39 Å². The first-order chi connectivity index (χ1) is 9.60. The van der Waals surface area contributed by atoms with Gasteiger partial charge in [-0.1, -0.05) is 12.1 Å². The predicted octanol–water partition coefficient (Wildman–Crippen LogP) is 2.92. The smallest absolute Gasteiger partial charge is 0.255 e. The maximum atomic E-state index is 13.2. The Hall–Kier alpha value is -2.20. The van der Waals surface area contributed by atoms with E-state index in [0.717, 1.165) is 5.56 Å². The number of hydrogen-bond donors (Lipinski definition) is 2. The lowest BCUT2D eigenvalue weighted by Gasteiger charge is -2.07. The molecule has 1 amide bonds. The summed E-state index contributed by atoms with van der Waals surface area (Å²) >= 11 is 0. The van der Waals surface area contributed by atoms with Gasteiger partial charge in [0.15, 0.2) is 0 Å². The minimum Gasteiger partial charge on any atom is -0.396 e. The van der Waals surface area contributed by atoms with Crippen LogP contribution >= 0.6 is 0 Å². The summed E-state index contributed by atoms with van der Waals surface area (Å²) in [5, 5.41) is 11.6. The molecule has 0 spiro atoms. The van der Waals surface area contributed by atoms with E-state index in [1.807, 2.05) is 12.1 Å². The first-order valence-electron chi connectivity index (χ1n) is 6.37. The summed E-state index contributed by atoms with van der Waals surface area (Å²) in [5.74, 6) is -0.599. The van der Waals surface area contributed by atoms with E-state index >= 15 is 0 Å². The number of benzene rings is 2. The molecule has 0 aliphatic rings. The molecule has 0 atom stereocenters. The van der Waals surface area contributed by atoms with Gasteiger partial charge >= 0.3 is 0 Å². The van der Waals surface area contributed by atoms with Crippen LogP contribution in [0.4, 0.5) is 10.1 Å². The summed E-state index contributed by atoms with van der Waals surface area (Å²) < 4.78 is 13.2. The maximum absolute atomic E-state index is 13.2. The molecule has 0 fully saturated rings. The van der Waals surface area contributed by atoms with Crippen LogP contribution in [0.5, 0.6) is 0 Å². The molecule has 0 aliphatic heterocycles. The third-order valence-corrected chi connectivity index (χ3v) is 3.03. The van der Waals surface area contributed by atoms with Gasteiger partial charge in [0, 0.05) is 17.9 Å². The van der Waals surface area contributed by atoms with E-state index < -0.39 is 0 Å². The zero-order chi connectivity index (χ0) is 14.5. The minimum atomic E-state index is -0.324. The summed E-state index contributed by atoms with van der Waals surface area (Å²) in [6.45, 7) is 1.72. The SMILES string of the molecule is Cc1cc(C(=O)Nc2ccc(CCO)cc2)ccc1F.